The van der Waals surface area contributed by atoms with E-state index in [1.807, 2.05) is 67.7 Å². The Balaban J connectivity index is 1.51. The van der Waals surface area contributed by atoms with E-state index < -0.39 is 0 Å². The predicted molar refractivity (Wildman–Crippen MR) is 118 cm³/mol. The Morgan fingerprint density at radius 2 is 1.86 bits per heavy atom. The van der Waals surface area contributed by atoms with Crippen molar-refractivity contribution in [3.8, 4) is 0 Å². The Bertz CT molecular complexity index is 949. The van der Waals surface area contributed by atoms with Gasteiger partial charge < -0.3 is 10.6 Å². The quantitative estimate of drug-likeness (QED) is 0.581. The Kier molecular flexibility index (Phi) is 7.41. The lowest BCUT2D eigenvalue weighted by Gasteiger charge is -2.16. The van der Waals surface area contributed by atoms with Crippen molar-refractivity contribution in [2.24, 2.45) is 0 Å². The van der Waals surface area contributed by atoms with E-state index in [0.29, 0.717) is 17.0 Å². The molecule has 1 unspecified atom stereocenters. The highest BCUT2D eigenvalue weighted by atomic mass is 32.2. The lowest BCUT2D eigenvalue weighted by molar-refractivity contribution is -0.119. The Morgan fingerprint density at radius 3 is 2.62 bits per heavy atom. The highest BCUT2D eigenvalue weighted by Gasteiger charge is 2.11. The van der Waals surface area contributed by atoms with E-state index in [-0.39, 0.29) is 17.9 Å². The number of nitrogens with one attached hydrogen (secondary N) is 2. The monoisotopic (exact) mass is 405 g/mol. The second-order valence-corrected chi connectivity index (χ2v) is 7.57. The molecule has 2 amide bonds. The SMILES string of the molecule is CC(NC(=O)CSCc1cccnc1)c1cccc(NC(=O)c2ccccc2)c1. The molecule has 6 heteroatoms. The lowest BCUT2D eigenvalue weighted by atomic mass is 10.1. The van der Waals surface area contributed by atoms with E-state index in [0.717, 1.165) is 16.9 Å². The summed E-state index contributed by atoms with van der Waals surface area (Å²) in [5.74, 6) is 0.941. The molecule has 0 aliphatic rings. The number of aromatic nitrogens is 1. The number of benzene rings is 2. The van der Waals surface area contributed by atoms with E-state index >= 15 is 0 Å². The molecule has 0 fully saturated rings. The van der Waals surface area contributed by atoms with Crippen LogP contribution in [0.5, 0.6) is 0 Å². The van der Waals surface area contributed by atoms with Crippen molar-refractivity contribution >= 4 is 29.3 Å². The van der Waals surface area contributed by atoms with Gasteiger partial charge in [-0.25, -0.2) is 0 Å². The number of anilines is 1. The van der Waals surface area contributed by atoms with Crippen LogP contribution in [0, 0.1) is 0 Å². The second kappa shape index (κ2) is 10.4. The molecule has 0 radical (unpaired) electrons. The first kappa shape index (κ1) is 20.6. The number of hydrogen-bond donors (Lipinski definition) is 2. The maximum Gasteiger partial charge on any atom is 0.255 e. The molecule has 0 saturated heterocycles. The van der Waals surface area contributed by atoms with E-state index in [1.165, 1.54) is 0 Å². The third kappa shape index (κ3) is 6.47. The summed E-state index contributed by atoms with van der Waals surface area (Å²) in [6.07, 6.45) is 3.54. The minimum absolute atomic E-state index is 0.0230. The summed E-state index contributed by atoms with van der Waals surface area (Å²) in [7, 11) is 0. The average Bonchev–Trinajstić information content (AvgIpc) is 2.75. The third-order valence-corrected chi connectivity index (χ3v) is 5.29. The third-order valence-electron chi connectivity index (χ3n) is 4.28. The molecule has 2 N–H and O–H groups in total. The fraction of sp³-hybridized carbons (Fsp3) is 0.174. The molecule has 29 heavy (non-hydrogen) atoms. The molecule has 0 bridgehead atoms. The molecule has 5 nitrogen and oxygen atoms in total. The summed E-state index contributed by atoms with van der Waals surface area (Å²) in [5.41, 5.74) is 3.33. The standard InChI is InChI=1S/C23H23N3O2S/c1-17(25-22(27)16-29-15-18-7-6-12-24-14-18)20-10-5-11-21(13-20)26-23(28)19-8-3-2-4-9-19/h2-14,17H,15-16H2,1H3,(H,25,27)(H,26,28). The number of pyridine rings is 1. The fourth-order valence-corrected chi connectivity index (χ4v) is 3.57. The molecule has 0 spiro atoms. The van der Waals surface area contributed by atoms with Gasteiger partial charge in [0.1, 0.15) is 0 Å². The van der Waals surface area contributed by atoms with Crippen molar-refractivity contribution in [3.05, 3.63) is 95.8 Å². The molecule has 1 atom stereocenters. The van der Waals surface area contributed by atoms with Crippen LogP contribution in [0.4, 0.5) is 5.69 Å². The minimum Gasteiger partial charge on any atom is -0.349 e. The largest absolute Gasteiger partial charge is 0.349 e. The number of thioether (sulfide) groups is 1. The van der Waals surface area contributed by atoms with Crippen molar-refractivity contribution in [3.63, 3.8) is 0 Å². The van der Waals surface area contributed by atoms with Gasteiger partial charge in [0.15, 0.2) is 0 Å². The Morgan fingerprint density at radius 1 is 1.03 bits per heavy atom. The van der Waals surface area contributed by atoms with Crippen LogP contribution in [0.2, 0.25) is 0 Å². The van der Waals surface area contributed by atoms with Crippen molar-refractivity contribution < 1.29 is 9.59 Å². The Hall–Kier alpha value is -3.12. The summed E-state index contributed by atoms with van der Waals surface area (Å²) < 4.78 is 0. The van der Waals surface area contributed by atoms with Gasteiger partial charge in [0.05, 0.1) is 11.8 Å². The van der Waals surface area contributed by atoms with Crippen LogP contribution >= 0.6 is 11.8 Å². The van der Waals surface area contributed by atoms with Crippen LogP contribution < -0.4 is 10.6 Å². The number of hydrogen-bond acceptors (Lipinski definition) is 4. The fourth-order valence-electron chi connectivity index (χ4n) is 2.79. The van der Waals surface area contributed by atoms with E-state index in [4.69, 9.17) is 0 Å². The van der Waals surface area contributed by atoms with Crippen LogP contribution in [0.25, 0.3) is 0 Å². The topological polar surface area (TPSA) is 71.1 Å². The lowest BCUT2D eigenvalue weighted by Crippen LogP contribution is -2.28. The van der Waals surface area contributed by atoms with Crippen LogP contribution in [-0.4, -0.2) is 22.6 Å². The Labute approximate surface area is 175 Å². The first-order valence-electron chi connectivity index (χ1n) is 9.34. The molecule has 0 aliphatic carbocycles. The minimum atomic E-state index is -0.161. The summed E-state index contributed by atoms with van der Waals surface area (Å²) in [4.78, 5) is 28.6. The summed E-state index contributed by atoms with van der Waals surface area (Å²) in [6, 6.07) is 20.3. The normalized spacial score (nSPS) is 11.5. The predicted octanol–water partition coefficient (Wildman–Crippen LogP) is 4.44. The van der Waals surface area contributed by atoms with E-state index in [1.54, 1.807) is 30.1 Å². The zero-order valence-corrected chi connectivity index (χ0v) is 17.0. The van der Waals surface area contributed by atoms with Gasteiger partial charge in [0.2, 0.25) is 5.91 Å². The van der Waals surface area contributed by atoms with Crippen LogP contribution in [-0.2, 0) is 10.5 Å². The number of carbonyl (C=O) groups excluding carboxylic acids is 2. The number of carbonyl (C=O) groups is 2. The van der Waals surface area contributed by atoms with Crippen LogP contribution in [0.15, 0.2) is 79.1 Å². The average molecular weight is 406 g/mol. The number of rotatable bonds is 8. The smallest absolute Gasteiger partial charge is 0.255 e. The molecule has 1 aromatic heterocycles. The first-order valence-corrected chi connectivity index (χ1v) is 10.5. The van der Waals surface area contributed by atoms with Gasteiger partial charge in [-0.2, -0.15) is 0 Å². The highest BCUT2D eigenvalue weighted by molar-refractivity contribution is 7.99. The first-order chi connectivity index (χ1) is 14.1. The highest BCUT2D eigenvalue weighted by Crippen LogP contribution is 2.19. The van der Waals surface area contributed by atoms with Crippen molar-refractivity contribution in [2.75, 3.05) is 11.1 Å². The van der Waals surface area contributed by atoms with Gasteiger partial charge in [-0.3, -0.25) is 14.6 Å². The number of nitrogens with zero attached hydrogens (tertiary/aromatic N) is 1. The van der Waals surface area contributed by atoms with Crippen molar-refractivity contribution in [1.82, 2.24) is 10.3 Å². The van der Waals surface area contributed by atoms with Gasteiger partial charge in [0.25, 0.3) is 5.91 Å². The molecular weight excluding hydrogens is 382 g/mol. The number of amides is 2. The zero-order valence-electron chi connectivity index (χ0n) is 16.2. The molecule has 0 aliphatic heterocycles. The molecular formula is C23H23N3O2S. The molecule has 3 aromatic rings. The molecule has 3 rings (SSSR count). The van der Waals surface area contributed by atoms with Gasteiger partial charge >= 0.3 is 0 Å². The van der Waals surface area contributed by atoms with Crippen molar-refractivity contribution in [1.29, 1.82) is 0 Å². The zero-order chi connectivity index (χ0) is 20.5. The van der Waals surface area contributed by atoms with Gasteiger partial charge in [-0.1, -0.05) is 36.4 Å². The summed E-state index contributed by atoms with van der Waals surface area (Å²) in [6.45, 7) is 1.93. The van der Waals surface area contributed by atoms with Gasteiger partial charge in [0, 0.05) is 29.4 Å². The van der Waals surface area contributed by atoms with E-state index in [2.05, 4.69) is 15.6 Å². The molecule has 2 aromatic carbocycles. The maximum absolute atomic E-state index is 12.3. The van der Waals surface area contributed by atoms with Crippen LogP contribution in [0.1, 0.15) is 34.5 Å². The van der Waals surface area contributed by atoms with E-state index in [9.17, 15) is 9.59 Å². The second-order valence-electron chi connectivity index (χ2n) is 6.59. The van der Waals surface area contributed by atoms with Crippen molar-refractivity contribution in [2.45, 2.75) is 18.7 Å². The molecule has 148 valence electrons. The summed E-state index contributed by atoms with van der Waals surface area (Å²) >= 11 is 1.55. The maximum atomic E-state index is 12.3. The molecule has 1 heterocycles. The molecule has 0 saturated carbocycles. The van der Waals surface area contributed by atoms with Gasteiger partial charge in [-0.15, -0.1) is 11.8 Å². The van der Waals surface area contributed by atoms with Gasteiger partial charge in [-0.05, 0) is 48.4 Å². The van der Waals surface area contributed by atoms with Crippen LogP contribution in [0.3, 0.4) is 0 Å². The summed E-state index contributed by atoms with van der Waals surface area (Å²) in [5, 5.41) is 5.90.